The highest BCUT2D eigenvalue weighted by molar-refractivity contribution is 5.92. The lowest BCUT2D eigenvalue weighted by molar-refractivity contribution is -0.120. The summed E-state index contributed by atoms with van der Waals surface area (Å²) in [6, 6.07) is 5.84. The topological polar surface area (TPSA) is 41.1 Å². The number of piperidine rings is 1. The first-order valence-electron chi connectivity index (χ1n) is 5.92. The number of carbonyl (C=O) groups is 1. The number of hydrogen-bond donors (Lipinski definition) is 2. The minimum absolute atomic E-state index is 0.00352. The summed E-state index contributed by atoms with van der Waals surface area (Å²) in [6.45, 7) is 3.82. The van der Waals surface area contributed by atoms with E-state index in [0.717, 1.165) is 19.5 Å². The van der Waals surface area contributed by atoms with Crippen LogP contribution in [0.4, 0.5) is 10.1 Å². The molecule has 0 saturated carbocycles. The average molecular weight is 236 g/mol. The summed E-state index contributed by atoms with van der Waals surface area (Å²) in [5, 5.41) is 6.05. The van der Waals surface area contributed by atoms with Crippen LogP contribution in [0.3, 0.4) is 0 Å². The van der Waals surface area contributed by atoms with Gasteiger partial charge in [0.25, 0.3) is 0 Å². The summed E-state index contributed by atoms with van der Waals surface area (Å²) in [5.41, 5.74) is 0.648. The van der Waals surface area contributed by atoms with E-state index in [2.05, 4.69) is 17.6 Å². The zero-order chi connectivity index (χ0) is 12.3. The molecule has 1 aromatic carbocycles. The standard InChI is InChI=1S/C13H17FN2O/c1-9-6-10(8-15-7-9)13(17)16-12-4-2-11(14)3-5-12/h2-5,9-10,15H,6-8H2,1H3,(H,16,17). The summed E-state index contributed by atoms with van der Waals surface area (Å²) < 4.78 is 12.7. The molecule has 0 bridgehead atoms. The number of rotatable bonds is 2. The van der Waals surface area contributed by atoms with Gasteiger partial charge in [-0.15, -0.1) is 0 Å². The molecule has 0 radical (unpaired) electrons. The van der Waals surface area contributed by atoms with Crippen LogP contribution in [0.15, 0.2) is 24.3 Å². The minimum atomic E-state index is -0.295. The van der Waals surface area contributed by atoms with Crippen LogP contribution in [0.2, 0.25) is 0 Å². The summed E-state index contributed by atoms with van der Waals surface area (Å²) in [4.78, 5) is 12.0. The minimum Gasteiger partial charge on any atom is -0.326 e. The Morgan fingerprint density at radius 2 is 2.06 bits per heavy atom. The van der Waals surface area contributed by atoms with Crippen molar-refractivity contribution in [3.63, 3.8) is 0 Å². The highest BCUT2D eigenvalue weighted by Crippen LogP contribution is 2.18. The third-order valence-electron chi connectivity index (χ3n) is 3.05. The van der Waals surface area contributed by atoms with Crippen molar-refractivity contribution in [3.05, 3.63) is 30.1 Å². The van der Waals surface area contributed by atoms with Gasteiger partial charge in [0, 0.05) is 12.2 Å². The Hall–Kier alpha value is -1.42. The second-order valence-corrected chi connectivity index (χ2v) is 4.69. The van der Waals surface area contributed by atoms with Crippen LogP contribution < -0.4 is 10.6 Å². The predicted octanol–water partition coefficient (Wildman–Crippen LogP) is 2.01. The van der Waals surface area contributed by atoms with E-state index in [1.807, 2.05) is 0 Å². The molecule has 2 N–H and O–H groups in total. The molecule has 1 amide bonds. The molecule has 3 nitrogen and oxygen atoms in total. The Balaban J connectivity index is 1.94. The van der Waals surface area contributed by atoms with Crippen molar-refractivity contribution in [1.29, 1.82) is 0 Å². The zero-order valence-corrected chi connectivity index (χ0v) is 9.87. The van der Waals surface area contributed by atoms with E-state index < -0.39 is 0 Å². The fourth-order valence-corrected chi connectivity index (χ4v) is 2.13. The van der Waals surface area contributed by atoms with Crippen LogP contribution >= 0.6 is 0 Å². The maximum Gasteiger partial charge on any atom is 0.228 e. The molecular weight excluding hydrogens is 219 g/mol. The van der Waals surface area contributed by atoms with E-state index >= 15 is 0 Å². The highest BCUT2D eigenvalue weighted by atomic mass is 19.1. The van der Waals surface area contributed by atoms with Crippen molar-refractivity contribution < 1.29 is 9.18 Å². The van der Waals surface area contributed by atoms with E-state index in [9.17, 15) is 9.18 Å². The van der Waals surface area contributed by atoms with Gasteiger partial charge >= 0.3 is 0 Å². The summed E-state index contributed by atoms with van der Waals surface area (Å²) in [7, 11) is 0. The average Bonchev–Trinajstić information content (AvgIpc) is 2.32. The first-order chi connectivity index (χ1) is 8.15. The first kappa shape index (κ1) is 12.0. The third kappa shape index (κ3) is 3.27. The number of halogens is 1. The van der Waals surface area contributed by atoms with Crippen LogP contribution in [-0.2, 0) is 4.79 Å². The molecular formula is C13H17FN2O. The van der Waals surface area contributed by atoms with Gasteiger partial charge in [0.1, 0.15) is 5.82 Å². The van der Waals surface area contributed by atoms with Gasteiger partial charge in [-0.3, -0.25) is 4.79 Å². The maximum absolute atomic E-state index is 12.7. The molecule has 0 spiro atoms. The lowest BCUT2D eigenvalue weighted by Gasteiger charge is -2.26. The molecule has 1 heterocycles. The van der Waals surface area contributed by atoms with Gasteiger partial charge in [-0.25, -0.2) is 4.39 Å². The molecule has 1 saturated heterocycles. The molecule has 92 valence electrons. The van der Waals surface area contributed by atoms with Gasteiger partial charge in [0.2, 0.25) is 5.91 Å². The van der Waals surface area contributed by atoms with Gasteiger partial charge in [-0.05, 0) is 43.1 Å². The normalized spacial score (nSPS) is 24.4. The smallest absolute Gasteiger partial charge is 0.228 e. The Morgan fingerprint density at radius 3 is 2.71 bits per heavy atom. The highest BCUT2D eigenvalue weighted by Gasteiger charge is 2.24. The van der Waals surface area contributed by atoms with Gasteiger partial charge in [-0.2, -0.15) is 0 Å². The molecule has 1 fully saturated rings. The number of anilines is 1. The first-order valence-corrected chi connectivity index (χ1v) is 5.92. The number of nitrogens with one attached hydrogen (secondary N) is 2. The predicted molar refractivity (Wildman–Crippen MR) is 65.2 cm³/mol. The molecule has 2 rings (SSSR count). The summed E-state index contributed by atoms with van der Waals surface area (Å²) in [5.74, 6) is 0.239. The van der Waals surface area contributed by atoms with Crippen molar-refractivity contribution in [1.82, 2.24) is 5.32 Å². The van der Waals surface area contributed by atoms with E-state index in [1.165, 1.54) is 12.1 Å². The second-order valence-electron chi connectivity index (χ2n) is 4.69. The second kappa shape index (κ2) is 5.27. The van der Waals surface area contributed by atoms with E-state index in [1.54, 1.807) is 12.1 Å². The third-order valence-corrected chi connectivity index (χ3v) is 3.05. The molecule has 4 heteroatoms. The summed E-state index contributed by atoms with van der Waals surface area (Å²) >= 11 is 0. The molecule has 0 aliphatic carbocycles. The van der Waals surface area contributed by atoms with Gasteiger partial charge in [-0.1, -0.05) is 6.92 Å². The quantitative estimate of drug-likeness (QED) is 0.824. The number of hydrogen-bond acceptors (Lipinski definition) is 2. The van der Waals surface area contributed by atoms with Crippen molar-refractivity contribution in [3.8, 4) is 0 Å². The van der Waals surface area contributed by atoms with Gasteiger partial charge < -0.3 is 10.6 Å². The van der Waals surface area contributed by atoms with Crippen LogP contribution in [0.5, 0.6) is 0 Å². The van der Waals surface area contributed by atoms with Crippen molar-refractivity contribution >= 4 is 11.6 Å². The summed E-state index contributed by atoms with van der Waals surface area (Å²) in [6.07, 6.45) is 0.903. The van der Waals surface area contributed by atoms with Crippen LogP contribution in [0.1, 0.15) is 13.3 Å². The number of benzene rings is 1. The lowest BCUT2D eigenvalue weighted by Crippen LogP contribution is -2.40. The largest absolute Gasteiger partial charge is 0.326 e. The van der Waals surface area contributed by atoms with Crippen molar-refractivity contribution in [2.75, 3.05) is 18.4 Å². The Morgan fingerprint density at radius 1 is 1.35 bits per heavy atom. The van der Waals surface area contributed by atoms with E-state index in [4.69, 9.17) is 0 Å². The van der Waals surface area contributed by atoms with Gasteiger partial charge in [0.05, 0.1) is 5.92 Å². The molecule has 2 unspecified atom stereocenters. The van der Waals surface area contributed by atoms with E-state index in [-0.39, 0.29) is 17.6 Å². The Labute approximate surface area is 100 Å². The van der Waals surface area contributed by atoms with Gasteiger partial charge in [0.15, 0.2) is 0 Å². The Bertz CT molecular complexity index is 391. The van der Waals surface area contributed by atoms with E-state index in [0.29, 0.717) is 11.6 Å². The molecule has 0 aromatic heterocycles. The molecule has 1 aromatic rings. The van der Waals surface area contributed by atoms with Crippen LogP contribution in [0, 0.1) is 17.7 Å². The lowest BCUT2D eigenvalue weighted by atomic mass is 9.91. The fourth-order valence-electron chi connectivity index (χ4n) is 2.13. The fraction of sp³-hybridized carbons (Fsp3) is 0.462. The molecule has 1 aliphatic rings. The number of carbonyl (C=O) groups excluding carboxylic acids is 1. The molecule has 17 heavy (non-hydrogen) atoms. The maximum atomic E-state index is 12.7. The monoisotopic (exact) mass is 236 g/mol. The van der Waals surface area contributed by atoms with Crippen molar-refractivity contribution in [2.24, 2.45) is 11.8 Å². The Kier molecular flexibility index (Phi) is 3.74. The van der Waals surface area contributed by atoms with Crippen molar-refractivity contribution in [2.45, 2.75) is 13.3 Å². The SMILES string of the molecule is CC1CNCC(C(=O)Nc2ccc(F)cc2)C1. The van der Waals surface area contributed by atoms with Crippen LogP contribution in [0.25, 0.3) is 0 Å². The van der Waals surface area contributed by atoms with Crippen LogP contribution in [-0.4, -0.2) is 19.0 Å². The zero-order valence-electron chi connectivity index (χ0n) is 9.87. The molecule has 1 aliphatic heterocycles. The molecule has 2 atom stereocenters. The number of amides is 1.